The molecule has 122 valence electrons. The summed E-state index contributed by atoms with van der Waals surface area (Å²) in [5.41, 5.74) is 0. The zero-order valence-electron chi connectivity index (χ0n) is 11.9. The molecule has 1 aliphatic carbocycles. The Morgan fingerprint density at radius 2 is 1.86 bits per heavy atom. The normalized spacial score (nSPS) is 16.5. The third kappa shape index (κ3) is 4.48. The fourth-order valence-corrected chi connectivity index (χ4v) is 3.52. The van der Waals surface area contributed by atoms with Crippen molar-refractivity contribution in [3.8, 4) is 0 Å². The average Bonchev–Trinajstić information content (AvgIpc) is 2.49. The summed E-state index contributed by atoms with van der Waals surface area (Å²) in [6.45, 7) is -0.505. The third-order valence-electron chi connectivity index (χ3n) is 3.58. The minimum absolute atomic E-state index is 0.0525. The second kappa shape index (κ2) is 7.15. The summed E-state index contributed by atoms with van der Waals surface area (Å²) in [6, 6.07) is 2.18. The summed E-state index contributed by atoms with van der Waals surface area (Å²) in [7, 11) is -4.28. The second-order valence-corrected chi connectivity index (χ2v) is 7.04. The van der Waals surface area contributed by atoms with E-state index in [0.717, 1.165) is 44.2 Å². The Kier molecular flexibility index (Phi) is 5.47. The van der Waals surface area contributed by atoms with Crippen LogP contribution in [-0.4, -0.2) is 26.9 Å². The maximum Gasteiger partial charge on any atom is 0.244 e. The highest BCUT2D eigenvalue weighted by molar-refractivity contribution is 7.89. The van der Waals surface area contributed by atoms with Gasteiger partial charge in [-0.1, -0.05) is 19.3 Å². The van der Waals surface area contributed by atoms with E-state index >= 15 is 0 Å². The molecule has 0 unspecified atom stereocenters. The Hall–Kier alpha value is -1.54. The molecular weight excluding hydrogens is 314 g/mol. The smallest absolute Gasteiger partial charge is 0.244 e. The molecule has 1 saturated carbocycles. The van der Waals surface area contributed by atoms with E-state index in [4.69, 9.17) is 0 Å². The van der Waals surface area contributed by atoms with Crippen molar-refractivity contribution in [1.29, 1.82) is 0 Å². The van der Waals surface area contributed by atoms with Gasteiger partial charge in [-0.25, -0.2) is 21.9 Å². The van der Waals surface area contributed by atoms with Crippen LogP contribution in [0.3, 0.4) is 0 Å². The van der Waals surface area contributed by atoms with Crippen LogP contribution in [0.5, 0.6) is 0 Å². The number of sulfonamides is 1. The van der Waals surface area contributed by atoms with Crippen LogP contribution in [0.1, 0.15) is 32.1 Å². The van der Waals surface area contributed by atoms with Gasteiger partial charge in [0.2, 0.25) is 15.9 Å². The van der Waals surface area contributed by atoms with Crippen LogP contribution in [0.15, 0.2) is 23.1 Å². The first-order valence-electron chi connectivity index (χ1n) is 7.12. The lowest BCUT2D eigenvalue weighted by Gasteiger charge is -2.22. The number of carbonyl (C=O) groups excluding carboxylic acids is 1. The molecule has 5 nitrogen and oxygen atoms in total. The van der Waals surface area contributed by atoms with E-state index in [0.29, 0.717) is 6.07 Å². The van der Waals surface area contributed by atoms with Crippen molar-refractivity contribution >= 4 is 15.9 Å². The van der Waals surface area contributed by atoms with E-state index in [9.17, 15) is 22.0 Å². The lowest BCUT2D eigenvalue weighted by molar-refractivity contribution is -0.120. The van der Waals surface area contributed by atoms with E-state index in [1.54, 1.807) is 0 Å². The van der Waals surface area contributed by atoms with E-state index in [-0.39, 0.29) is 6.04 Å². The van der Waals surface area contributed by atoms with Crippen molar-refractivity contribution in [3.05, 3.63) is 29.8 Å². The van der Waals surface area contributed by atoms with Crippen molar-refractivity contribution < 1.29 is 22.0 Å². The first kappa shape index (κ1) is 16.8. The predicted octanol–water partition coefficient (Wildman–Crippen LogP) is 1.69. The SMILES string of the molecule is O=C(CNS(=O)(=O)c1cc(F)ccc1F)NC1CCCCC1. The molecule has 0 bridgehead atoms. The van der Waals surface area contributed by atoms with Gasteiger partial charge >= 0.3 is 0 Å². The number of nitrogens with one attached hydrogen (secondary N) is 2. The largest absolute Gasteiger partial charge is 0.352 e. The maximum absolute atomic E-state index is 13.5. The fraction of sp³-hybridized carbons (Fsp3) is 0.500. The Morgan fingerprint density at radius 3 is 2.55 bits per heavy atom. The summed E-state index contributed by atoms with van der Waals surface area (Å²) < 4.78 is 52.3. The minimum atomic E-state index is -4.28. The lowest BCUT2D eigenvalue weighted by atomic mass is 9.95. The Labute approximate surface area is 128 Å². The van der Waals surface area contributed by atoms with Gasteiger partial charge in [0, 0.05) is 6.04 Å². The summed E-state index contributed by atoms with van der Waals surface area (Å²) in [4.78, 5) is 10.9. The number of carbonyl (C=O) groups is 1. The van der Waals surface area contributed by atoms with E-state index < -0.39 is 39.0 Å². The van der Waals surface area contributed by atoms with Gasteiger partial charge in [0.1, 0.15) is 16.5 Å². The molecule has 0 atom stereocenters. The highest BCUT2D eigenvalue weighted by Gasteiger charge is 2.22. The predicted molar refractivity (Wildman–Crippen MR) is 76.6 cm³/mol. The number of hydrogen-bond donors (Lipinski definition) is 2. The highest BCUT2D eigenvalue weighted by atomic mass is 32.2. The number of benzene rings is 1. The molecule has 0 aromatic heterocycles. The molecular formula is C14H18F2N2O3S. The standard InChI is InChI=1S/C14H18F2N2O3S/c15-10-6-7-12(16)13(8-10)22(20,21)17-9-14(19)18-11-4-2-1-3-5-11/h6-8,11,17H,1-5,9H2,(H,18,19). The first-order valence-corrected chi connectivity index (χ1v) is 8.61. The third-order valence-corrected chi connectivity index (χ3v) is 4.99. The van der Waals surface area contributed by atoms with Gasteiger partial charge < -0.3 is 5.32 Å². The van der Waals surface area contributed by atoms with Gasteiger partial charge in [0.25, 0.3) is 0 Å². The lowest BCUT2D eigenvalue weighted by Crippen LogP contribution is -2.42. The monoisotopic (exact) mass is 332 g/mol. The summed E-state index contributed by atoms with van der Waals surface area (Å²) >= 11 is 0. The molecule has 1 aromatic rings. The molecule has 0 aliphatic heterocycles. The summed E-state index contributed by atoms with van der Waals surface area (Å²) in [5.74, 6) is -2.41. The molecule has 0 spiro atoms. The van der Waals surface area contributed by atoms with Gasteiger partial charge in [-0.15, -0.1) is 0 Å². The Balaban J connectivity index is 1.94. The number of halogens is 2. The summed E-state index contributed by atoms with van der Waals surface area (Å²) in [6.07, 6.45) is 4.95. The van der Waals surface area contributed by atoms with Crippen LogP contribution in [0.4, 0.5) is 8.78 Å². The van der Waals surface area contributed by atoms with E-state index in [1.807, 2.05) is 4.72 Å². The zero-order chi connectivity index (χ0) is 16.2. The molecule has 2 rings (SSSR count). The van der Waals surface area contributed by atoms with Crippen LogP contribution in [0.2, 0.25) is 0 Å². The average molecular weight is 332 g/mol. The number of amides is 1. The topological polar surface area (TPSA) is 75.3 Å². The maximum atomic E-state index is 13.5. The van der Waals surface area contributed by atoms with Gasteiger partial charge in [0.05, 0.1) is 6.54 Å². The molecule has 2 N–H and O–H groups in total. The molecule has 22 heavy (non-hydrogen) atoms. The van der Waals surface area contributed by atoms with Crippen molar-refractivity contribution in [3.63, 3.8) is 0 Å². The molecule has 1 aromatic carbocycles. The van der Waals surface area contributed by atoms with Crippen LogP contribution < -0.4 is 10.0 Å². The van der Waals surface area contributed by atoms with Crippen molar-refractivity contribution in [2.75, 3.05) is 6.54 Å². The fourth-order valence-electron chi connectivity index (χ4n) is 2.45. The minimum Gasteiger partial charge on any atom is -0.352 e. The van der Waals surface area contributed by atoms with Gasteiger partial charge in [0.15, 0.2) is 0 Å². The molecule has 0 radical (unpaired) electrons. The molecule has 0 heterocycles. The number of rotatable bonds is 5. The molecule has 1 aliphatic rings. The van der Waals surface area contributed by atoms with Crippen molar-refractivity contribution in [2.24, 2.45) is 0 Å². The van der Waals surface area contributed by atoms with Crippen LogP contribution >= 0.6 is 0 Å². The number of hydrogen-bond acceptors (Lipinski definition) is 3. The van der Waals surface area contributed by atoms with Gasteiger partial charge in [-0.05, 0) is 31.0 Å². The van der Waals surface area contributed by atoms with Gasteiger partial charge in [-0.2, -0.15) is 0 Å². The first-order chi connectivity index (χ1) is 10.4. The second-order valence-electron chi connectivity index (χ2n) is 5.30. The molecule has 1 amide bonds. The quantitative estimate of drug-likeness (QED) is 0.862. The van der Waals surface area contributed by atoms with E-state index in [2.05, 4.69) is 5.32 Å². The summed E-state index contributed by atoms with van der Waals surface area (Å²) in [5, 5.41) is 2.74. The van der Waals surface area contributed by atoms with Crippen LogP contribution in [0.25, 0.3) is 0 Å². The molecule has 0 saturated heterocycles. The Bertz CT molecular complexity index is 643. The van der Waals surface area contributed by atoms with E-state index in [1.165, 1.54) is 0 Å². The van der Waals surface area contributed by atoms with Crippen LogP contribution in [0, 0.1) is 11.6 Å². The molecule has 8 heteroatoms. The zero-order valence-corrected chi connectivity index (χ0v) is 12.8. The van der Waals surface area contributed by atoms with Crippen molar-refractivity contribution in [1.82, 2.24) is 10.0 Å². The van der Waals surface area contributed by atoms with Crippen molar-refractivity contribution in [2.45, 2.75) is 43.0 Å². The van der Waals surface area contributed by atoms with Crippen LogP contribution in [-0.2, 0) is 14.8 Å². The Morgan fingerprint density at radius 1 is 1.18 bits per heavy atom. The highest BCUT2D eigenvalue weighted by Crippen LogP contribution is 2.17. The van der Waals surface area contributed by atoms with Gasteiger partial charge in [-0.3, -0.25) is 4.79 Å². The molecule has 1 fully saturated rings.